The van der Waals surface area contributed by atoms with E-state index in [1.54, 1.807) is 7.11 Å². The minimum Gasteiger partial charge on any atom is -0.385 e. The molecule has 0 spiro atoms. The number of hydrogen-bond acceptors (Lipinski definition) is 5. The van der Waals surface area contributed by atoms with Crippen LogP contribution in [0.25, 0.3) is 10.9 Å². The van der Waals surface area contributed by atoms with Crippen molar-refractivity contribution in [2.24, 2.45) is 11.8 Å². The maximum absolute atomic E-state index is 13.7. The number of amides is 1. The van der Waals surface area contributed by atoms with Crippen LogP contribution >= 0.6 is 0 Å². The molecule has 3 aliphatic rings. The highest BCUT2D eigenvalue weighted by Crippen LogP contribution is 2.33. The number of methoxy groups -OCH3 is 1. The average molecular weight is 469 g/mol. The summed E-state index contributed by atoms with van der Waals surface area (Å²) >= 11 is 0. The third-order valence-electron chi connectivity index (χ3n) is 7.93. The van der Waals surface area contributed by atoms with Gasteiger partial charge in [0.05, 0.1) is 5.92 Å². The molecular formula is C27H40N4O3. The van der Waals surface area contributed by atoms with Gasteiger partial charge in [-0.3, -0.25) is 10.1 Å². The van der Waals surface area contributed by atoms with E-state index in [1.807, 2.05) is 0 Å². The number of piperidine rings is 1. The lowest BCUT2D eigenvalue weighted by molar-refractivity contribution is -0.137. The van der Waals surface area contributed by atoms with Gasteiger partial charge in [0.2, 0.25) is 5.91 Å². The Morgan fingerprint density at radius 2 is 2.09 bits per heavy atom. The van der Waals surface area contributed by atoms with Crippen LogP contribution in [-0.2, 0) is 22.6 Å². The maximum Gasteiger partial charge on any atom is 0.227 e. The molecule has 1 aliphatic heterocycles. The lowest BCUT2D eigenvalue weighted by Crippen LogP contribution is -2.55. The van der Waals surface area contributed by atoms with Crippen molar-refractivity contribution in [3.63, 3.8) is 0 Å². The fourth-order valence-electron chi connectivity index (χ4n) is 5.59. The van der Waals surface area contributed by atoms with E-state index in [9.17, 15) is 9.90 Å². The highest BCUT2D eigenvalue weighted by Gasteiger charge is 2.38. The summed E-state index contributed by atoms with van der Waals surface area (Å²) in [6.07, 6.45) is 9.16. The van der Waals surface area contributed by atoms with Crippen LogP contribution in [0.3, 0.4) is 0 Å². The molecule has 1 aromatic heterocycles. The van der Waals surface area contributed by atoms with Gasteiger partial charge in [-0.05, 0) is 56.1 Å². The number of rotatable bonds is 11. The summed E-state index contributed by atoms with van der Waals surface area (Å²) in [5.41, 5.74) is 2.46. The number of aliphatic hydroxyl groups excluding tert-OH is 1. The second-order valence-electron chi connectivity index (χ2n) is 10.5. The van der Waals surface area contributed by atoms with E-state index in [0.717, 1.165) is 64.8 Å². The van der Waals surface area contributed by atoms with Crippen LogP contribution in [0.2, 0.25) is 0 Å². The largest absolute Gasteiger partial charge is 0.385 e. The summed E-state index contributed by atoms with van der Waals surface area (Å²) < 4.78 is 7.56. The lowest BCUT2D eigenvalue weighted by atomic mass is 9.83. The molecule has 3 fully saturated rings. The molecule has 1 aromatic carbocycles. The molecule has 2 aliphatic carbocycles. The minimum absolute atomic E-state index is 0.0458. The molecule has 0 bridgehead atoms. The number of hydrogen-bond donors (Lipinski definition) is 3. The van der Waals surface area contributed by atoms with Gasteiger partial charge < -0.3 is 24.6 Å². The van der Waals surface area contributed by atoms with Crippen molar-refractivity contribution in [2.75, 3.05) is 26.8 Å². The number of ether oxygens (including phenoxy) is 1. The monoisotopic (exact) mass is 468 g/mol. The van der Waals surface area contributed by atoms with Gasteiger partial charge >= 0.3 is 0 Å². The number of carbonyl (C=O) groups excluding carboxylic acids is 1. The molecular weight excluding hydrogens is 428 g/mol. The summed E-state index contributed by atoms with van der Waals surface area (Å²) in [5.74, 6) is 0.589. The minimum atomic E-state index is -0.446. The zero-order valence-corrected chi connectivity index (χ0v) is 20.4. The first-order valence-electron chi connectivity index (χ1n) is 13.1. The van der Waals surface area contributed by atoms with Gasteiger partial charge in [-0.15, -0.1) is 0 Å². The zero-order chi connectivity index (χ0) is 23.5. The van der Waals surface area contributed by atoms with Crippen LogP contribution in [0, 0.1) is 11.8 Å². The third-order valence-corrected chi connectivity index (χ3v) is 7.93. The van der Waals surface area contributed by atoms with Crippen LogP contribution in [0.4, 0.5) is 0 Å². The number of aryl methyl sites for hydroxylation is 1. The van der Waals surface area contributed by atoms with Gasteiger partial charge in [-0.2, -0.15) is 0 Å². The molecule has 0 radical (unpaired) electrons. The van der Waals surface area contributed by atoms with Crippen LogP contribution < -0.4 is 10.6 Å². The lowest BCUT2D eigenvalue weighted by Gasteiger charge is -2.37. The molecule has 7 nitrogen and oxygen atoms in total. The molecule has 1 saturated heterocycles. The molecule has 34 heavy (non-hydrogen) atoms. The van der Waals surface area contributed by atoms with Crippen molar-refractivity contribution in [1.82, 2.24) is 20.1 Å². The number of nitrogens with one attached hydrogen (secondary N) is 2. The summed E-state index contributed by atoms with van der Waals surface area (Å²) in [5, 5.41) is 18.6. The zero-order valence-electron chi connectivity index (χ0n) is 20.4. The van der Waals surface area contributed by atoms with E-state index < -0.39 is 6.23 Å². The summed E-state index contributed by atoms with van der Waals surface area (Å²) in [4.78, 5) is 15.9. The van der Waals surface area contributed by atoms with Crippen molar-refractivity contribution in [1.29, 1.82) is 0 Å². The first kappa shape index (κ1) is 23.8. The quantitative estimate of drug-likeness (QED) is 0.349. The Bertz CT molecular complexity index is 968. The average Bonchev–Trinajstić information content (AvgIpc) is 3.59. The van der Waals surface area contributed by atoms with Crippen molar-refractivity contribution in [3.8, 4) is 0 Å². The summed E-state index contributed by atoms with van der Waals surface area (Å²) in [6.45, 7) is 3.86. The molecule has 2 saturated carbocycles. The van der Waals surface area contributed by atoms with Gasteiger partial charge in [0.25, 0.3) is 0 Å². The van der Waals surface area contributed by atoms with Crippen LogP contribution in [0.1, 0.15) is 50.5 Å². The van der Waals surface area contributed by atoms with Gasteiger partial charge in [0.1, 0.15) is 6.23 Å². The van der Waals surface area contributed by atoms with Crippen LogP contribution in [-0.4, -0.2) is 65.6 Å². The van der Waals surface area contributed by atoms with Gasteiger partial charge in [-0.25, -0.2) is 0 Å². The summed E-state index contributed by atoms with van der Waals surface area (Å²) in [6, 6.07) is 9.02. The topological polar surface area (TPSA) is 78.8 Å². The molecule has 7 heteroatoms. The van der Waals surface area contributed by atoms with E-state index in [4.69, 9.17) is 4.74 Å². The standard InChI is InChI=1S/C27H40N4O3/c1-34-13-5-12-30-17-21(24-8-2-3-9-25(24)30)18-31(23-10-11-23)27(33)20-14-22(16-28-15-20)29-26(32)19-6-4-7-19/h2-3,8-9,17,19-20,22-23,26,28-29,32H,4-7,10-16,18H2,1H3/t20?,22-,26?/m1/s1. The highest BCUT2D eigenvalue weighted by atomic mass is 16.5. The highest BCUT2D eigenvalue weighted by molar-refractivity contribution is 5.85. The van der Waals surface area contributed by atoms with Crippen molar-refractivity contribution in [2.45, 2.75) is 76.3 Å². The van der Waals surface area contributed by atoms with Crippen LogP contribution in [0.5, 0.6) is 0 Å². The number of nitrogens with zero attached hydrogens (tertiary/aromatic N) is 2. The third kappa shape index (κ3) is 5.33. The Balaban J connectivity index is 1.28. The Hall–Kier alpha value is -1.93. The fourth-order valence-corrected chi connectivity index (χ4v) is 5.59. The van der Waals surface area contributed by atoms with E-state index >= 15 is 0 Å². The predicted molar refractivity (Wildman–Crippen MR) is 133 cm³/mol. The van der Waals surface area contributed by atoms with Crippen LogP contribution in [0.15, 0.2) is 30.5 Å². The van der Waals surface area contributed by atoms with Crippen molar-refractivity contribution in [3.05, 3.63) is 36.0 Å². The Kier molecular flexibility index (Phi) is 7.54. The van der Waals surface area contributed by atoms with Gasteiger partial charge in [0, 0.05) is 69.1 Å². The molecule has 2 heterocycles. The van der Waals surface area contributed by atoms with E-state index in [-0.39, 0.29) is 17.9 Å². The first-order chi connectivity index (χ1) is 16.6. The van der Waals surface area contributed by atoms with E-state index in [1.165, 1.54) is 22.9 Å². The Morgan fingerprint density at radius 3 is 2.82 bits per heavy atom. The first-order valence-corrected chi connectivity index (χ1v) is 13.1. The van der Waals surface area contributed by atoms with E-state index in [2.05, 4.69) is 50.6 Å². The molecule has 2 aromatic rings. The Morgan fingerprint density at radius 1 is 1.26 bits per heavy atom. The molecule has 3 atom stereocenters. The summed E-state index contributed by atoms with van der Waals surface area (Å²) in [7, 11) is 1.74. The second-order valence-corrected chi connectivity index (χ2v) is 10.5. The van der Waals surface area contributed by atoms with Crippen molar-refractivity contribution >= 4 is 16.8 Å². The number of para-hydroxylation sites is 1. The number of benzene rings is 1. The molecule has 2 unspecified atom stereocenters. The molecule has 186 valence electrons. The number of fused-ring (bicyclic) bond motifs is 1. The maximum atomic E-state index is 13.7. The number of carbonyl (C=O) groups is 1. The Labute approximate surface area is 202 Å². The smallest absolute Gasteiger partial charge is 0.227 e. The number of aromatic nitrogens is 1. The normalized spacial score (nSPS) is 24.2. The molecule has 1 amide bonds. The SMILES string of the molecule is COCCCn1cc(CN(C(=O)C2CNC[C@H](NC(O)C3CCC3)C2)C2CC2)c2ccccc21. The van der Waals surface area contributed by atoms with Gasteiger partial charge in [-0.1, -0.05) is 24.6 Å². The molecule has 5 rings (SSSR count). The second kappa shape index (κ2) is 10.8. The molecule has 3 N–H and O–H groups in total. The van der Waals surface area contributed by atoms with Crippen molar-refractivity contribution < 1.29 is 14.6 Å². The predicted octanol–water partition coefficient (Wildman–Crippen LogP) is 2.86. The van der Waals surface area contributed by atoms with E-state index in [0.29, 0.717) is 18.5 Å². The van der Waals surface area contributed by atoms with Gasteiger partial charge in [0.15, 0.2) is 0 Å². The fraction of sp³-hybridized carbons (Fsp3) is 0.667. The number of aliphatic hydroxyl groups is 1.